The van der Waals surface area contributed by atoms with Gasteiger partial charge in [-0.2, -0.15) is 5.01 Å². The molecule has 0 saturated carbocycles. The molecule has 0 spiro atoms. The lowest BCUT2D eigenvalue weighted by atomic mass is 9.90. The van der Waals surface area contributed by atoms with Crippen molar-refractivity contribution >= 4 is 6.21 Å². The molecule has 3 heteroatoms. The third-order valence-corrected chi connectivity index (χ3v) is 5.57. The van der Waals surface area contributed by atoms with Crippen molar-refractivity contribution in [3.63, 3.8) is 0 Å². The van der Waals surface area contributed by atoms with Crippen LogP contribution in [0.5, 0.6) is 0 Å². The van der Waals surface area contributed by atoms with Crippen molar-refractivity contribution in [1.29, 1.82) is 0 Å². The van der Waals surface area contributed by atoms with Gasteiger partial charge in [-0.3, -0.25) is 5.01 Å². The molecule has 4 atom stereocenters. The second-order valence-corrected chi connectivity index (χ2v) is 7.17. The summed E-state index contributed by atoms with van der Waals surface area (Å²) in [6.07, 6.45) is 22.4. The van der Waals surface area contributed by atoms with Crippen molar-refractivity contribution in [1.82, 2.24) is 10.0 Å². The molecule has 3 nitrogen and oxygen atoms in total. The van der Waals surface area contributed by atoms with Gasteiger partial charge in [0.25, 0.3) is 0 Å². The smallest absolute Gasteiger partial charge is 0.164 e. The van der Waals surface area contributed by atoms with Crippen LogP contribution in [0.15, 0.2) is 47.9 Å². The molecule has 3 aliphatic rings. The summed E-state index contributed by atoms with van der Waals surface area (Å²) in [5.74, 6) is 0.654. The third kappa shape index (κ3) is 3.56. The average molecular weight is 327 g/mol. The molecule has 130 valence electrons. The number of fused-ring (bicyclic) bond motifs is 1. The van der Waals surface area contributed by atoms with Crippen LogP contribution in [0.25, 0.3) is 0 Å². The second kappa shape index (κ2) is 7.52. The quantitative estimate of drug-likeness (QED) is 0.405. The SMILES string of the molecule is CC=[N+](C)C=CCC1C(CC)C=C(CC2=CC=CCC2)N2C(C)N12. The first kappa shape index (κ1) is 17.2. The highest BCUT2D eigenvalue weighted by atomic mass is 15.9. The molecule has 0 aromatic heterocycles. The number of hydrogen-bond donors (Lipinski definition) is 0. The fourth-order valence-electron chi connectivity index (χ4n) is 4.03. The molecule has 4 unspecified atom stereocenters. The van der Waals surface area contributed by atoms with Crippen LogP contribution in [0.2, 0.25) is 0 Å². The standard InChI is InChI=1S/C21H32N3/c1-5-19-16-20(15-18-11-8-7-9-12-18)23-17(3)24(23)21(19)13-10-14-22(4)6-2/h6-8,10-11,14,16-17,19,21H,5,9,12-13,15H2,1-4H3/q+1. The molecular weight excluding hydrogens is 294 g/mol. The maximum Gasteiger partial charge on any atom is 0.164 e. The van der Waals surface area contributed by atoms with Crippen LogP contribution >= 0.6 is 0 Å². The minimum absolute atomic E-state index is 0.557. The monoisotopic (exact) mass is 326 g/mol. The van der Waals surface area contributed by atoms with Crippen molar-refractivity contribution in [2.45, 2.75) is 65.1 Å². The molecule has 24 heavy (non-hydrogen) atoms. The molecule has 0 aromatic carbocycles. The van der Waals surface area contributed by atoms with Crippen LogP contribution < -0.4 is 0 Å². The van der Waals surface area contributed by atoms with Crippen LogP contribution in [0.3, 0.4) is 0 Å². The predicted molar refractivity (Wildman–Crippen MR) is 102 cm³/mol. The summed E-state index contributed by atoms with van der Waals surface area (Å²) >= 11 is 0. The van der Waals surface area contributed by atoms with E-state index in [4.69, 9.17) is 0 Å². The zero-order valence-corrected chi connectivity index (χ0v) is 15.7. The average Bonchev–Trinajstić information content (AvgIpc) is 3.28. The Morgan fingerprint density at radius 1 is 1.38 bits per heavy atom. The Kier molecular flexibility index (Phi) is 5.40. The van der Waals surface area contributed by atoms with Crippen molar-refractivity contribution in [3.05, 3.63) is 47.9 Å². The molecular formula is C21H32N3+. The summed E-state index contributed by atoms with van der Waals surface area (Å²) in [7, 11) is 2.09. The number of allylic oxidation sites excluding steroid dienone is 4. The van der Waals surface area contributed by atoms with E-state index in [1.54, 1.807) is 5.57 Å². The fraction of sp³-hybridized carbons (Fsp3) is 0.571. The number of hydrogen-bond acceptors (Lipinski definition) is 2. The third-order valence-electron chi connectivity index (χ3n) is 5.57. The van der Waals surface area contributed by atoms with Gasteiger partial charge in [0, 0.05) is 25.1 Å². The molecule has 0 N–H and O–H groups in total. The van der Waals surface area contributed by atoms with E-state index in [-0.39, 0.29) is 0 Å². The summed E-state index contributed by atoms with van der Waals surface area (Å²) in [5, 5.41) is 5.13. The molecule has 2 heterocycles. The van der Waals surface area contributed by atoms with E-state index in [0.29, 0.717) is 18.1 Å². The fourth-order valence-corrected chi connectivity index (χ4v) is 4.03. The van der Waals surface area contributed by atoms with Gasteiger partial charge in [0.15, 0.2) is 6.20 Å². The molecule has 1 aliphatic carbocycles. The van der Waals surface area contributed by atoms with E-state index in [2.05, 4.69) is 85.2 Å². The van der Waals surface area contributed by atoms with Gasteiger partial charge in [-0.05, 0) is 44.6 Å². The van der Waals surface area contributed by atoms with Gasteiger partial charge >= 0.3 is 0 Å². The van der Waals surface area contributed by atoms with E-state index >= 15 is 0 Å². The Morgan fingerprint density at radius 2 is 2.21 bits per heavy atom. The lowest BCUT2D eigenvalue weighted by Crippen LogP contribution is -2.33. The van der Waals surface area contributed by atoms with Gasteiger partial charge < -0.3 is 0 Å². The van der Waals surface area contributed by atoms with E-state index in [9.17, 15) is 0 Å². The Bertz CT molecular complexity index is 609. The van der Waals surface area contributed by atoms with Crippen molar-refractivity contribution in [2.75, 3.05) is 7.05 Å². The maximum absolute atomic E-state index is 2.60. The lowest BCUT2D eigenvalue weighted by Gasteiger charge is -2.30. The highest BCUT2D eigenvalue weighted by Crippen LogP contribution is 2.45. The highest BCUT2D eigenvalue weighted by molar-refractivity contribution is 5.46. The van der Waals surface area contributed by atoms with Gasteiger partial charge in [-0.25, -0.2) is 4.58 Å². The number of rotatable bonds is 6. The van der Waals surface area contributed by atoms with Gasteiger partial charge in [0.2, 0.25) is 0 Å². The van der Waals surface area contributed by atoms with E-state index < -0.39 is 0 Å². The summed E-state index contributed by atoms with van der Waals surface area (Å²) in [4.78, 5) is 0. The molecule has 3 rings (SSSR count). The molecule has 1 saturated heterocycles. The molecule has 2 aliphatic heterocycles. The van der Waals surface area contributed by atoms with Gasteiger partial charge in [0.05, 0.1) is 0 Å². The van der Waals surface area contributed by atoms with Crippen molar-refractivity contribution in [3.8, 4) is 0 Å². The number of hydrazine groups is 1. The van der Waals surface area contributed by atoms with Gasteiger partial charge in [0.1, 0.15) is 19.4 Å². The van der Waals surface area contributed by atoms with E-state index in [0.717, 1.165) is 12.8 Å². The molecule has 1 fully saturated rings. The normalized spacial score (nSPS) is 32.7. The van der Waals surface area contributed by atoms with Crippen LogP contribution in [0, 0.1) is 5.92 Å². The molecule has 0 bridgehead atoms. The Morgan fingerprint density at radius 3 is 2.88 bits per heavy atom. The maximum atomic E-state index is 2.60. The second-order valence-electron chi connectivity index (χ2n) is 7.17. The Balaban J connectivity index is 1.72. The van der Waals surface area contributed by atoms with Crippen LogP contribution in [0.4, 0.5) is 0 Å². The van der Waals surface area contributed by atoms with Crippen LogP contribution in [0.1, 0.15) is 52.9 Å². The zero-order valence-electron chi connectivity index (χ0n) is 15.7. The Labute approximate surface area is 147 Å². The summed E-state index contributed by atoms with van der Waals surface area (Å²) < 4.78 is 2.12. The van der Waals surface area contributed by atoms with E-state index in [1.807, 2.05) is 0 Å². The minimum atomic E-state index is 0.557. The summed E-state index contributed by atoms with van der Waals surface area (Å²) in [6.45, 7) is 6.73. The summed E-state index contributed by atoms with van der Waals surface area (Å²) in [5.41, 5.74) is 3.10. The number of nitrogens with zero attached hydrogens (tertiary/aromatic N) is 3. The first-order valence-electron chi connectivity index (χ1n) is 9.46. The lowest BCUT2D eigenvalue weighted by molar-refractivity contribution is -0.417. The van der Waals surface area contributed by atoms with Crippen molar-refractivity contribution < 1.29 is 4.58 Å². The van der Waals surface area contributed by atoms with Crippen LogP contribution in [-0.2, 0) is 0 Å². The molecule has 0 amide bonds. The van der Waals surface area contributed by atoms with Gasteiger partial charge in [-0.1, -0.05) is 36.8 Å². The highest BCUT2D eigenvalue weighted by Gasteiger charge is 2.51. The molecule has 0 aromatic rings. The predicted octanol–water partition coefficient (Wildman–Crippen LogP) is 4.46. The topological polar surface area (TPSA) is 9.03 Å². The Hall–Kier alpha value is -1.61. The first-order chi connectivity index (χ1) is 11.7. The van der Waals surface area contributed by atoms with Crippen LogP contribution in [-0.4, -0.2) is 40.1 Å². The first-order valence-corrected chi connectivity index (χ1v) is 9.46. The minimum Gasteiger partial charge on any atom is -0.289 e. The van der Waals surface area contributed by atoms with E-state index in [1.165, 1.54) is 25.0 Å². The summed E-state index contributed by atoms with van der Waals surface area (Å²) in [6, 6.07) is 0.607. The largest absolute Gasteiger partial charge is 0.289 e. The van der Waals surface area contributed by atoms with Gasteiger partial charge in [-0.15, -0.1) is 0 Å². The molecule has 0 radical (unpaired) electrons. The zero-order chi connectivity index (χ0) is 17.1. The van der Waals surface area contributed by atoms with Crippen molar-refractivity contribution in [2.24, 2.45) is 5.92 Å².